The van der Waals surface area contributed by atoms with Crippen LogP contribution in [0, 0.1) is 11.8 Å². The van der Waals surface area contributed by atoms with E-state index >= 15 is 0 Å². The van der Waals surface area contributed by atoms with Crippen molar-refractivity contribution in [1.82, 2.24) is 0 Å². The minimum Gasteiger partial charge on any atom is -0.387 e. The summed E-state index contributed by atoms with van der Waals surface area (Å²) in [5, 5.41) is 11.8. The van der Waals surface area contributed by atoms with Gasteiger partial charge in [-0.3, -0.25) is 4.79 Å². The van der Waals surface area contributed by atoms with E-state index in [0.29, 0.717) is 5.57 Å². The van der Waals surface area contributed by atoms with E-state index in [0.717, 1.165) is 58.4 Å². The molecule has 0 spiro atoms. The third-order valence-corrected chi connectivity index (χ3v) is 10.3. The number of allylic oxidation sites excluding steroid dienone is 2. The molecule has 42 heavy (non-hydrogen) atoms. The largest absolute Gasteiger partial charge is 0.387 e. The smallest absolute Gasteiger partial charge is 0.221 e. The van der Waals surface area contributed by atoms with Gasteiger partial charge in [-0.2, -0.15) is 4.58 Å². The van der Waals surface area contributed by atoms with Crippen molar-refractivity contribution in [1.29, 1.82) is 0 Å². The molecule has 1 N–H and O–H groups in total. The van der Waals surface area contributed by atoms with Crippen LogP contribution in [-0.4, -0.2) is 40.9 Å². The Balaban J connectivity index is 1.31. The lowest BCUT2D eigenvalue weighted by atomic mass is 9.69. The number of aliphatic hydroxyl groups is 1. The lowest BCUT2D eigenvalue weighted by molar-refractivity contribution is -0.438. The number of ketones is 1. The summed E-state index contributed by atoms with van der Waals surface area (Å²) < 4.78 is 2.43. The van der Waals surface area contributed by atoms with Crippen molar-refractivity contribution in [2.45, 2.75) is 63.9 Å². The first kappa shape index (κ1) is 27.1. The highest BCUT2D eigenvalue weighted by molar-refractivity contribution is 6.37. The van der Waals surface area contributed by atoms with Crippen LogP contribution in [0.4, 0.5) is 11.4 Å². The van der Waals surface area contributed by atoms with Crippen LogP contribution in [0.15, 0.2) is 96.2 Å². The second-order valence-corrected chi connectivity index (χ2v) is 13.1. The number of para-hydroxylation sites is 2. The van der Waals surface area contributed by atoms with Gasteiger partial charge in [0, 0.05) is 47.5 Å². The molecule has 0 aromatic heterocycles. The van der Waals surface area contributed by atoms with Gasteiger partial charge < -0.3 is 10.0 Å². The average Bonchev–Trinajstić information content (AvgIpc) is 3.43. The molecule has 2 aliphatic carbocycles. The van der Waals surface area contributed by atoms with Gasteiger partial charge in [-0.15, -0.1) is 0 Å². The van der Waals surface area contributed by atoms with Crippen molar-refractivity contribution >= 4 is 28.4 Å². The number of nitrogens with zero attached hydrogens (tertiary/aromatic N) is 2. The highest BCUT2D eigenvalue weighted by atomic mass is 16.3. The fourth-order valence-corrected chi connectivity index (χ4v) is 7.95. The van der Waals surface area contributed by atoms with E-state index in [1.165, 1.54) is 37.7 Å². The number of anilines is 1. The first-order valence-electron chi connectivity index (χ1n) is 15.7. The number of hydrogen-bond donors (Lipinski definition) is 1. The monoisotopic (exact) mass is 557 g/mol. The molecule has 0 saturated heterocycles. The van der Waals surface area contributed by atoms with E-state index in [-0.39, 0.29) is 11.2 Å². The zero-order valence-electron chi connectivity index (χ0n) is 25.0. The Kier molecular flexibility index (Phi) is 6.78. The summed E-state index contributed by atoms with van der Waals surface area (Å²) in [5.41, 5.74) is 9.05. The number of aliphatic hydroxyl groups excluding tert-OH is 1. The highest BCUT2D eigenvalue weighted by Gasteiger charge is 2.51. The summed E-state index contributed by atoms with van der Waals surface area (Å²) in [6.45, 7) is 5.32. The number of carbonyl (C=O) groups excluding carboxylic acids is 1. The van der Waals surface area contributed by atoms with Crippen LogP contribution in [0.25, 0.3) is 5.57 Å². The number of fused-ring (bicyclic) bond motifs is 2. The van der Waals surface area contributed by atoms with E-state index in [1.54, 1.807) is 0 Å². The van der Waals surface area contributed by atoms with Gasteiger partial charge in [0.25, 0.3) is 0 Å². The summed E-state index contributed by atoms with van der Waals surface area (Å²) in [6.07, 6.45) is 8.97. The number of hydrogen-bond acceptors (Lipinski definition) is 3. The zero-order chi connectivity index (χ0) is 29.0. The van der Waals surface area contributed by atoms with E-state index in [1.807, 2.05) is 12.1 Å². The molecular weight excluding hydrogens is 516 g/mol. The molecule has 4 heteroatoms. The van der Waals surface area contributed by atoms with E-state index in [9.17, 15) is 9.90 Å². The molecule has 2 heterocycles. The number of carbonyl (C=O) groups is 1. The third kappa shape index (κ3) is 4.22. The van der Waals surface area contributed by atoms with Crippen LogP contribution in [0.3, 0.4) is 0 Å². The summed E-state index contributed by atoms with van der Waals surface area (Å²) >= 11 is 0. The minimum absolute atomic E-state index is 0.0301. The van der Waals surface area contributed by atoms with Gasteiger partial charge in [0.1, 0.15) is 6.54 Å². The third-order valence-electron chi connectivity index (χ3n) is 10.3. The van der Waals surface area contributed by atoms with Gasteiger partial charge in [0.2, 0.25) is 11.4 Å². The second-order valence-electron chi connectivity index (χ2n) is 13.1. The Morgan fingerprint density at radius 1 is 0.929 bits per heavy atom. The van der Waals surface area contributed by atoms with Gasteiger partial charge in [0.05, 0.1) is 23.2 Å². The van der Waals surface area contributed by atoms with Gasteiger partial charge in [-0.25, -0.2) is 0 Å². The molecule has 214 valence electrons. The highest BCUT2D eigenvalue weighted by Crippen LogP contribution is 2.50. The summed E-state index contributed by atoms with van der Waals surface area (Å²) in [6, 6.07) is 27.3. The van der Waals surface area contributed by atoms with Crippen molar-refractivity contribution < 1.29 is 14.5 Å². The number of benzene rings is 3. The maximum absolute atomic E-state index is 14.1. The maximum Gasteiger partial charge on any atom is 0.221 e. The first-order chi connectivity index (χ1) is 20.4. The summed E-state index contributed by atoms with van der Waals surface area (Å²) in [7, 11) is 2.06. The Hall–Kier alpha value is -3.76. The first-order valence-corrected chi connectivity index (χ1v) is 15.7. The van der Waals surface area contributed by atoms with Crippen LogP contribution >= 0.6 is 0 Å². The predicted molar refractivity (Wildman–Crippen MR) is 170 cm³/mol. The number of likely N-dealkylation sites (N-methyl/N-ethyl adjacent to an activating group) is 1. The molecule has 2 atom stereocenters. The molecule has 0 bridgehead atoms. The van der Waals surface area contributed by atoms with E-state index < -0.39 is 12.0 Å². The molecule has 2 aliphatic heterocycles. The Bertz CT molecular complexity index is 1640. The standard InChI is InChI=1S/C38H41N2O2/c1-38(2)29-19-11-13-21-31(29)39(3)32(38)24-28-36(41)34(37(28)42)33-27-18-10-12-20-30(27)40(23-22-25-14-6-4-7-15-25)35(33)26-16-8-5-9-17-26/h5,8-13,16-21,24-25,28,36,41H,4,6-7,14-15,22-23H2,1-3H3/q+1. The van der Waals surface area contributed by atoms with Crippen LogP contribution in [0.1, 0.15) is 69.1 Å². The molecule has 3 aromatic rings. The lowest BCUT2D eigenvalue weighted by Crippen LogP contribution is -2.46. The molecule has 7 rings (SSSR count). The van der Waals surface area contributed by atoms with Crippen LogP contribution in [-0.2, 0) is 10.2 Å². The molecule has 2 fully saturated rings. The van der Waals surface area contributed by atoms with Crippen molar-refractivity contribution in [3.05, 3.63) is 113 Å². The Labute approximate surface area is 249 Å². The van der Waals surface area contributed by atoms with E-state index in [2.05, 4.69) is 103 Å². The molecule has 4 nitrogen and oxygen atoms in total. The summed E-state index contributed by atoms with van der Waals surface area (Å²) in [4.78, 5) is 16.3. The van der Waals surface area contributed by atoms with Crippen molar-refractivity contribution in [2.75, 3.05) is 18.5 Å². The molecule has 0 amide bonds. The molecule has 0 radical (unpaired) electrons. The number of rotatable bonds is 5. The normalized spacial score (nSPS) is 26.0. The van der Waals surface area contributed by atoms with Crippen molar-refractivity contribution in [3.63, 3.8) is 0 Å². The van der Waals surface area contributed by atoms with Gasteiger partial charge >= 0.3 is 0 Å². The quantitative estimate of drug-likeness (QED) is 0.262. The van der Waals surface area contributed by atoms with Crippen LogP contribution in [0.5, 0.6) is 0 Å². The Morgan fingerprint density at radius 2 is 1.62 bits per heavy atom. The van der Waals surface area contributed by atoms with Crippen molar-refractivity contribution in [2.24, 2.45) is 11.8 Å². The molecule has 2 unspecified atom stereocenters. The van der Waals surface area contributed by atoms with Gasteiger partial charge in [-0.05, 0) is 35.7 Å². The van der Waals surface area contributed by atoms with Crippen LogP contribution in [0.2, 0.25) is 0 Å². The van der Waals surface area contributed by atoms with Gasteiger partial charge in [-0.1, -0.05) is 101 Å². The molecule has 3 aromatic carbocycles. The van der Waals surface area contributed by atoms with Crippen molar-refractivity contribution in [3.8, 4) is 0 Å². The average molecular weight is 558 g/mol. The molecule has 2 saturated carbocycles. The molecular formula is C38H41N2O2+. The number of Topliss-reactive ketones (excluding diaryl/α,β-unsaturated/α-hetero) is 1. The topological polar surface area (TPSA) is 43.5 Å². The fraction of sp³-hybridized carbons (Fsp3) is 0.368. The van der Waals surface area contributed by atoms with Crippen LogP contribution < -0.4 is 4.90 Å². The Morgan fingerprint density at radius 3 is 2.36 bits per heavy atom. The predicted octanol–water partition coefficient (Wildman–Crippen LogP) is 7.43. The van der Waals surface area contributed by atoms with Gasteiger partial charge in [0.15, 0.2) is 5.78 Å². The lowest BCUT2D eigenvalue weighted by Gasteiger charge is -2.35. The van der Waals surface area contributed by atoms with E-state index in [4.69, 9.17) is 0 Å². The SMILES string of the molecule is CN1C(=CC2C(=O)C(=C3C(c4ccccc4)=[N+](CCC4CCCCC4)c4ccccc43)C2O)C(C)(C)c2ccccc21. The fourth-order valence-electron chi connectivity index (χ4n) is 7.95. The zero-order valence-corrected chi connectivity index (χ0v) is 25.0. The molecule has 4 aliphatic rings. The summed E-state index contributed by atoms with van der Waals surface area (Å²) in [5.74, 6) is 0.226. The maximum atomic E-state index is 14.1. The second kappa shape index (κ2) is 10.5. The minimum atomic E-state index is -0.849.